The van der Waals surface area contributed by atoms with E-state index in [0.29, 0.717) is 23.3 Å². The van der Waals surface area contributed by atoms with Crippen LogP contribution in [0.25, 0.3) is 6.08 Å². The van der Waals surface area contributed by atoms with E-state index in [9.17, 15) is 14.0 Å². The maximum absolute atomic E-state index is 14.2. The lowest BCUT2D eigenvalue weighted by atomic mass is 9.91. The monoisotopic (exact) mass is 435 g/mol. The van der Waals surface area contributed by atoms with Crippen LogP contribution >= 0.6 is 11.3 Å². The first-order valence-corrected chi connectivity index (χ1v) is 10.9. The quantitative estimate of drug-likeness (QED) is 0.507. The average molecular weight is 436 g/mol. The molecule has 1 aliphatic rings. The van der Waals surface area contributed by atoms with Crippen molar-refractivity contribution in [2.24, 2.45) is 0 Å². The Bertz CT molecular complexity index is 1160. The van der Waals surface area contributed by atoms with Crippen LogP contribution in [-0.2, 0) is 9.59 Å². The second-order valence-electron chi connectivity index (χ2n) is 7.43. The maximum atomic E-state index is 14.2. The van der Waals surface area contributed by atoms with Gasteiger partial charge < -0.3 is 4.90 Å². The predicted molar refractivity (Wildman–Crippen MR) is 122 cm³/mol. The van der Waals surface area contributed by atoms with Gasteiger partial charge in [0.15, 0.2) is 5.13 Å². The number of anilines is 3. The van der Waals surface area contributed by atoms with Crippen LogP contribution in [0.5, 0.6) is 0 Å². The summed E-state index contributed by atoms with van der Waals surface area (Å²) in [7, 11) is 0. The predicted octanol–water partition coefficient (Wildman–Crippen LogP) is 5.52. The van der Waals surface area contributed by atoms with Crippen LogP contribution in [0.15, 0.2) is 60.0 Å². The molecule has 1 unspecified atom stereocenters. The van der Waals surface area contributed by atoms with Gasteiger partial charge in [0.25, 0.3) is 5.91 Å². The van der Waals surface area contributed by atoms with Gasteiger partial charge in [0.1, 0.15) is 5.82 Å². The number of halogens is 1. The molecule has 0 spiro atoms. The molecule has 0 bridgehead atoms. The Kier molecular flexibility index (Phi) is 5.95. The standard InChI is InChI=1S/C24H22FN3O2S/c1-16-13-14-27(21-9-5-3-7-19(16)21)23(30)12-11-18-15-31-24(26-18)28(17(2)29)22-10-6-4-8-20(22)25/h3-12,15-16H,13-14H2,1-2H3/b12-11+. The van der Waals surface area contributed by atoms with Gasteiger partial charge in [-0.1, -0.05) is 37.3 Å². The molecule has 3 aromatic rings. The Morgan fingerprint density at radius 2 is 1.94 bits per heavy atom. The van der Waals surface area contributed by atoms with Crippen molar-refractivity contribution >= 4 is 45.7 Å². The molecule has 2 aromatic carbocycles. The van der Waals surface area contributed by atoms with Crippen molar-refractivity contribution in [2.45, 2.75) is 26.2 Å². The molecular weight excluding hydrogens is 413 g/mol. The van der Waals surface area contributed by atoms with Gasteiger partial charge in [-0.05, 0) is 42.2 Å². The van der Waals surface area contributed by atoms with E-state index >= 15 is 0 Å². The number of hydrogen-bond acceptors (Lipinski definition) is 4. The number of carbonyl (C=O) groups is 2. The second kappa shape index (κ2) is 8.81. The third kappa shape index (κ3) is 4.27. The molecule has 7 heteroatoms. The van der Waals surface area contributed by atoms with Gasteiger partial charge >= 0.3 is 0 Å². The molecule has 5 nitrogen and oxygen atoms in total. The normalized spacial score (nSPS) is 15.7. The number of thiazole rings is 1. The lowest BCUT2D eigenvalue weighted by Gasteiger charge is -2.32. The van der Waals surface area contributed by atoms with Crippen LogP contribution in [0.3, 0.4) is 0 Å². The van der Waals surface area contributed by atoms with E-state index in [4.69, 9.17) is 0 Å². The Morgan fingerprint density at radius 1 is 1.19 bits per heavy atom. The fourth-order valence-corrected chi connectivity index (χ4v) is 4.57. The molecule has 0 aliphatic carbocycles. The fourth-order valence-electron chi connectivity index (χ4n) is 3.72. The number of rotatable bonds is 4. The number of carbonyl (C=O) groups excluding carboxylic acids is 2. The highest BCUT2D eigenvalue weighted by molar-refractivity contribution is 7.14. The van der Waals surface area contributed by atoms with Crippen molar-refractivity contribution in [3.05, 3.63) is 77.1 Å². The third-order valence-electron chi connectivity index (χ3n) is 5.32. The molecule has 1 atom stereocenters. The molecule has 2 amide bonds. The van der Waals surface area contributed by atoms with Gasteiger partial charge in [-0.3, -0.25) is 14.5 Å². The molecule has 0 N–H and O–H groups in total. The first kappa shape index (κ1) is 20.9. The number of fused-ring (bicyclic) bond motifs is 1. The van der Waals surface area contributed by atoms with Crippen LogP contribution in [0.2, 0.25) is 0 Å². The van der Waals surface area contributed by atoms with E-state index in [2.05, 4.69) is 18.0 Å². The highest BCUT2D eigenvalue weighted by Gasteiger charge is 2.25. The van der Waals surface area contributed by atoms with Crippen molar-refractivity contribution in [2.75, 3.05) is 16.3 Å². The third-order valence-corrected chi connectivity index (χ3v) is 6.16. The number of aromatic nitrogens is 1. The minimum Gasteiger partial charge on any atom is -0.309 e. The molecule has 0 saturated heterocycles. The van der Waals surface area contributed by atoms with Gasteiger partial charge in [-0.2, -0.15) is 0 Å². The Morgan fingerprint density at radius 3 is 2.71 bits per heavy atom. The Labute approximate surface area is 184 Å². The van der Waals surface area contributed by atoms with Crippen LogP contribution in [0.4, 0.5) is 20.9 Å². The molecule has 1 aliphatic heterocycles. The number of nitrogens with zero attached hydrogens (tertiary/aromatic N) is 3. The Hall–Kier alpha value is -3.32. The van der Waals surface area contributed by atoms with Crippen molar-refractivity contribution in [1.29, 1.82) is 0 Å². The van der Waals surface area contributed by atoms with E-state index in [-0.39, 0.29) is 17.5 Å². The summed E-state index contributed by atoms with van der Waals surface area (Å²) < 4.78 is 14.2. The number of benzene rings is 2. The van der Waals surface area contributed by atoms with Crippen LogP contribution in [-0.4, -0.2) is 23.3 Å². The summed E-state index contributed by atoms with van der Waals surface area (Å²) in [5.74, 6) is -0.545. The van der Waals surface area contributed by atoms with Gasteiger partial charge in [0, 0.05) is 30.6 Å². The molecule has 0 saturated carbocycles. The van der Waals surface area contributed by atoms with Gasteiger partial charge in [0.05, 0.1) is 11.4 Å². The van der Waals surface area contributed by atoms with Crippen LogP contribution in [0.1, 0.15) is 37.4 Å². The van der Waals surface area contributed by atoms with Gasteiger partial charge in [-0.15, -0.1) is 11.3 Å². The summed E-state index contributed by atoms with van der Waals surface area (Å²) in [4.78, 5) is 32.5. The smallest absolute Gasteiger partial charge is 0.251 e. The van der Waals surface area contributed by atoms with Crippen LogP contribution < -0.4 is 9.80 Å². The van der Waals surface area contributed by atoms with Crippen molar-refractivity contribution in [3.63, 3.8) is 0 Å². The first-order chi connectivity index (χ1) is 15.0. The minimum atomic E-state index is -0.502. The summed E-state index contributed by atoms with van der Waals surface area (Å²) in [6.07, 6.45) is 4.03. The zero-order valence-electron chi connectivity index (χ0n) is 17.3. The molecule has 0 fully saturated rings. The largest absolute Gasteiger partial charge is 0.309 e. The van der Waals surface area contributed by atoms with Crippen molar-refractivity contribution in [1.82, 2.24) is 4.98 Å². The van der Waals surface area contributed by atoms with Crippen molar-refractivity contribution in [3.8, 4) is 0 Å². The first-order valence-electron chi connectivity index (χ1n) is 10.0. The second-order valence-corrected chi connectivity index (χ2v) is 8.27. The summed E-state index contributed by atoms with van der Waals surface area (Å²) in [6.45, 7) is 4.19. The van der Waals surface area contributed by atoms with Crippen molar-refractivity contribution < 1.29 is 14.0 Å². The number of para-hydroxylation sites is 2. The highest BCUT2D eigenvalue weighted by Crippen LogP contribution is 2.35. The molecule has 0 radical (unpaired) electrons. The molecule has 31 heavy (non-hydrogen) atoms. The lowest BCUT2D eigenvalue weighted by molar-refractivity contribution is -0.116. The SMILES string of the molecule is CC(=O)N(c1nc(/C=C/C(=O)N2CCC(C)c3ccccc32)cs1)c1ccccc1F. The van der Waals surface area contributed by atoms with E-state index in [1.165, 1.54) is 46.9 Å². The molecule has 1 aromatic heterocycles. The zero-order chi connectivity index (χ0) is 22.0. The van der Waals surface area contributed by atoms with E-state index in [1.807, 2.05) is 18.2 Å². The molecular formula is C24H22FN3O2S. The lowest BCUT2D eigenvalue weighted by Crippen LogP contribution is -2.35. The highest BCUT2D eigenvalue weighted by atomic mass is 32.1. The average Bonchev–Trinajstić information content (AvgIpc) is 3.22. The molecule has 4 rings (SSSR count). The summed E-state index contributed by atoms with van der Waals surface area (Å²) >= 11 is 1.22. The van der Waals surface area contributed by atoms with Gasteiger partial charge in [-0.25, -0.2) is 9.37 Å². The number of amides is 2. The summed E-state index contributed by atoms with van der Waals surface area (Å²) in [5.41, 5.74) is 2.80. The maximum Gasteiger partial charge on any atom is 0.251 e. The molecule has 158 valence electrons. The number of hydrogen-bond donors (Lipinski definition) is 0. The van der Waals surface area contributed by atoms with E-state index in [1.54, 1.807) is 28.5 Å². The van der Waals surface area contributed by atoms with E-state index < -0.39 is 5.82 Å². The topological polar surface area (TPSA) is 53.5 Å². The summed E-state index contributed by atoms with van der Waals surface area (Å²) in [6, 6.07) is 14.0. The molecule has 2 heterocycles. The van der Waals surface area contributed by atoms with Crippen LogP contribution in [0, 0.1) is 5.82 Å². The Balaban J connectivity index is 1.55. The van der Waals surface area contributed by atoms with Gasteiger partial charge in [0.2, 0.25) is 5.91 Å². The zero-order valence-corrected chi connectivity index (χ0v) is 18.1. The minimum absolute atomic E-state index is 0.119. The summed E-state index contributed by atoms with van der Waals surface area (Å²) in [5, 5.41) is 2.09. The van der Waals surface area contributed by atoms with E-state index in [0.717, 1.165) is 12.1 Å². The fraction of sp³-hybridized carbons (Fsp3) is 0.208.